The second kappa shape index (κ2) is 15.9. The summed E-state index contributed by atoms with van der Waals surface area (Å²) in [5, 5.41) is 4.23. The molecule has 0 radical (unpaired) electrons. The van der Waals surface area contributed by atoms with Gasteiger partial charge in [-0.1, -0.05) is 71.7 Å². The van der Waals surface area contributed by atoms with Crippen molar-refractivity contribution in [3.05, 3.63) is 117 Å². The fourth-order valence-electron chi connectivity index (χ4n) is 6.63. The monoisotopic (exact) mass is 704 g/mol. The van der Waals surface area contributed by atoms with E-state index in [4.69, 9.17) is 42.1 Å². The van der Waals surface area contributed by atoms with Gasteiger partial charge in [0, 0.05) is 24.2 Å². The maximum Gasteiger partial charge on any atom is 0.333 e. The zero-order chi connectivity index (χ0) is 34.3. The lowest BCUT2D eigenvalue weighted by atomic mass is 9.86. The molecule has 4 aromatic rings. The Morgan fingerprint density at radius 3 is 2.31 bits per heavy atom. The van der Waals surface area contributed by atoms with Gasteiger partial charge in [0.2, 0.25) is 0 Å². The molecule has 2 unspecified atom stereocenters. The van der Waals surface area contributed by atoms with Gasteiger partial charge < -0.3 is 24.3 Å². The van der Waals surface area contributed by atoms with Gasteiger partial charge in [0.05, 0.1) is 20.6 Å². The summed E-state index contributed by atoms with van der Waals surface area (Å²) in [6.45, 7) is 2.91. The van der Waals surface area contributed by atoms with Gasteiger partial charge in [-0.05, 0) is 72.8 Å². The fraction of sp³-hybridized carbons (Fsp3) is 0.342. The van der Waals surface area contributed by atoms with Crippen LogP contribution in [0.1, 0.15) is 47.2 Å². The van der Waals surface area contributed by atoms with Crippen molar-refractivity contribution in [2.24, 2.45) is 5.92 Å². The quantitative estimate of drug-likeness (QED) is 0.154. The van der Waals surface area contributed by atoms with Gasteiger partial charge in [-0.3, -0.25) is 9.69 Å². The number of benzene rings is 3. The smallest absolute Gasteiger partial charge is 0.333 e. The van der Waals surface area contributed by atoms with Gasteiger partial charge in [-0.15, -0.1) is 0 Å². The molecular formula is C38H40Cl2N3O6+. The van der Waals surface area contributed by atoms with Crippen LogP contribution in [-0.2, 0) is 31.9 Å². The second-order valence-electron chi connectivity index (χ2n) is 12.4. The number of aromatic nitrogens is 1. The van der Waals surface area contributed by atoms with Gasteiger partial charge in [0.25, 0.3) is 0 Å². The number of halogens is 2. The lowest BCUT2D eigenvalue weighted by Crippen LogP contribution is -2.52. The van der Waals surface area contributed by atoms with Gasteiger partial charge in [-0.2, -0.15) is 0 Å². The Kier molecular flexibility index (Phi) is 11.2. The van der Waals surface area contributed by atoms with Crippen molar-refractivity contribution < 1.29 is 33.5 Å². The van der Waals surface area contributed by atoms with Crippen molar-refractivity contribution in [3.8, 4) is 11.5 Å². The second-order valence-corrected chi connectivity index (χ2v) is 13.2. The number of hydrogen-bond acceptors (Lipinski definition) is 8. The SMILES string of the molecule is COc1ccc(C(Cc2c(Cl)c[nH+]cc2Cl)OC(=O)Cc2cccc(NC(C(=O)O[C@H]3CN4CCC3CC4)c3ccccc3)c2)cc1OC. The highest BCUT2D eigenvalue weighted by atomic mass is 35.5. The molecule has 0 saturated carbocycles. The number of esters is 2. The molecule has 3 fully saturated rings. The highest BCUT2D eigenvalue weighted by Crippen LogP contribution is 2.36. The number of rotatable bonds is 13. The Morgan fingerprint density at radius 2 is 1.63 bits per heavy atom. The zero-order valence-electron chi connectivity index (χ0n) is 27.5. The third kappa shape index (κ3) is 8.47. The highest BCUT2D eigenvalue weighted by Gasteiger charge is 2.38. The lowest BCUT2D eigenvalue weighted by Gasteiger charge is -2.44. The first-order valence-electron chi connectivity index (χ1n) is 16.4. The van der Waals surface area contributed by atoms with E-state index in [0.29, 0.717) is 49.8 Å². The largest absolute Gasteiger partial charge is 0.493 e. The maximum absolute atomic E-state index is 13.7. The Morgan fingerprint density at radius 1 is 0.898 bits per heavy atom. The number of carbonyl (C=O) groups excluding carboxylic acids is 2. The molecule has 49 heavy (non-hydrogen) atoms. The molecule has 11 heteroatoms. The molecule has 3 saturated heterocycles. The van der Waals surface area contributed by atoms with E-state index in [0.717, 1.165) is 38.0 Å². The number of hydrogen-bond donors (Lipinski definition) is 1. The molecule has 1 aromatic heterocycles. The molecule has 7 rings (SSSR count). The van der Waals surface area contributed by atoms with E-state index in [9.17, 15) is 9.59 Å². The van der Waals surface area contributed by atoms with Gasteiger partial charge in [-0.25, -0.2) is 9.78 Å². The lowest BCUT2D eigenvalue weighted by molar-refractivity contribution is -0.377. The van der Waals surface area contributed by atoms with Crippen molar-refractivity contribution in [3.63, 3.8) is 0 Å². The summed E-state index contributed by atoms with van der Waals surface area (Å²) in [7, 11) is 3.10. The van der Waals surface area contributed by atoms with E-state index in [2.05, 4.69) is 15.2 Å². The Balaban J connectivity index is 1.19. The Bertz CT molecular complexity index is 1750. The minimum atomic E-state index is -0.727. The summed E-state index contributed by atoms with van der Waals surface area (Å²) >= 11 is 13.0. The molecule has 2 bridgehead atoms. The van der Waals surface area contributed by atoms with Crippen molar-refractivity contribution >= 4 is 40.8 Å². The van der Waals surface area contributed by atoms with E-state index in [1.54, 1.807) is 38.7 Å². The van der Waals surface area contributed by atoms with Gasteiger partial charge >= 0.3 is 11.9 Å². The summed E-state index contributed by atoms with van der Waals surface area (Å²) < 4.78 is 23.2. The van der Waals surface area contributed by atoms with Crippen LogP contribution in [0.3, 0.4) is 0 Å². The third-order valence-corrected chi connectivity index (χ3v) is 9.93. The Labute approximate surface area is 296 Å². The van der Waals surface area contributed by atoms with Crippen molar-refractivity contribution in [1.29, 1.82) is 0 Å². The average molecular weight is 706 g/mol. The van der Waals surface area contributed by atoms with E-state index in [-0.39, 0.29) is 24.9 Å². The summed E-state index contributed by atoms with van der Waals surface area (Å²) in [6.07, 6.45) is 4.75. The Hall–Kier alpha value is -4.31. The number of piperidine rings is 3. The number of carbonyl (C=O) groups is 2. The predicted octanol–water partition coefficient (Wildman–Crippen LogP) is 6.69. The molecule has 0 aliphatic carbocycles. The van der Waals surface area contributed by atoms with Crippen LogP contribution in [0.25, 0.3) is 0 Å². The summed E-state index contributed by atoms with van der Waals surface area (Å²) in [4.78, 5) is 32.5. The van der Waals surface area contributed by atoms with Gasteiger partial charge in [0.1, 0.15) is 22.3 Å². The minimum Gasteiger partial charge on any atom is -0.493 e. The number of H-pyrrole nitrogens is 1. The van der Waals surface area contributed by atoms with Crippen molar-refractivity contribution in [1.82, 2.24) is 4.90 Å². The summed E-state index contributed by atoms with van der Waals surface area (Å²) in [5.74, 6) is 0.678. The number of methoxy groups -OCH3 is 2. The number of ether oxygens (including phenoxy) is 4. The topological polar surface area (TPSA) is 100 Å². The summed E-state index contributed by atoms with van der Waals surface area (Å²) in [5.41, 5.74) is 3.52. The molecule has 3 aromatic carbocycles. The first-order chi connectivity index (χ1) is 23.8. The van der Waals surface area contributed by atoms with Gasteiger partial charge in [0.15, 0.2) is 29.9 Å². The number of anilines is 1. The van der Waals surface area contributed by atoms with Crippen LogP contribution < -0.4 is 19.8 Å². The van der Waals surface area contributed by atoms with Crippen LogP contribution in [-0.4, -0.2) is 56.8 Å². The van der Waals surface area contributed by atoms with E-state index in [1.807, 2.05) is 60.7 Å². The van der Waals surface area contributed by atoms with Crippen LogP contribution in [0.15, 0.2) is 85.2 Å². The molecule has 0 amide bonds. The van der Waals surface area contributed by atoms with E-state index >= 15 is 0 Å². The zero-order valence-corrected chi connectivity index (χ0v) is 29.0. The van der Waals surface area contributed by atoms with Crippen molar-refractivity contribution in [2.75, 3.05) is 39.2 Å². The molecule has 4 heterocycles. The number of aromatic amines is 1. The van der Waals surface area contributed by atoms with Crippen LogP contribution in [0.5, 0.6) is 11.5 Å². The number of fused-ring (bicyclic) bond motifs is 3. The molecular weight excluding hydrogens is 665 g/mol. The number of pyridine rings is 1. The maximum atomic E-state index is 13.7. The number of nitrogens with zero attached hydrogens (tertiary/aromatic N) is 1. The number of nitrogens with one attached hydrogen (secondary N) is 2. The molecule has 256 valence electrons. The highest BCUT2D eigenvalue weighted by molar-refractivity contribution is 6.35. The van der Waals surface area contributed by atoms with E-state index in [1.165, 1.54) is 0 Å². The molecule has 9 nitrogen and oxygen atoms in total. The standard InChI is InChI=1S/C38H39Cl2N3O6/c1-46-32-12-11-27(19-34(32)47-2)33(20-29-30(39)21-41-22-31(29)40)48-36(44)18-24-7-6-10-28(17-24)42-37(26-8-4-3-5-9-26)38(45)49-35-23-43-15-13-25(35)14-16-43/h3-12,17,19,21-22,25,33,35,37,42H,13-16,18,20,23H2,1-2H3/p+1/t33?,35-,37?/m0/s1. The van der Waals surface area contributed by atoms with Crippen molar-refractivity contribution in [2.45, 2.75) is 43.9 Å². The molecule has 0 spiro atoms. The molecule has 3 atom stereocenters. The first-order valence-corrected chi connectivity index (χ1v) is 17.2. The van der Waals surface area contributed by atoms with Crippen LogP contribution in [0, 0.1) is 5.92 Å². The van der Waals surface area contributed by atoms with Crippen LogP contribution in [0.4, 0.5) is 5.69 Å². The molecule has 3 aliphatic rings. The third-order valence-electron chi connectivity index (χ3n) is 9.26. The van der Waals surface area contributed by atoms with Crippen LogP contribution >= 0.6 is 23.2 Å². The minimum absolute atomic E-state index is 0.0105. The summed E-state index contributed by atoms with van der Waals surface area (Å²) in [6, 6.07) is 21.6. The molecule has 3 aliphatic heterocycles. The average Bonchev–Trinajstić information content (AvgIpc) is 3.12. The van der Waals surface area contributed by atoms with E-state index < -0.39 is 18.1 Å². The fourth-order valence-corrected chi connectivity index (χ4v) is 7.16. The predicted molar refractivity (Wildman–Crippen MR) is 187 cm³/mol. The van der Waals surface area contributed by atoms with Crippen LogP contribution in [0.2, 0.25) is 10.0 Å². The molecule has 2 N–H and O–H groups in total. The normalized spacial score (nSPS) is 19.4. The first kappa shape index (κ1) is 34.5.